The Morgan fingerprint density at radius 2 is 1.03 bits per heavy atom. The van der Waals surface area contributed by atoms with Gasteiger partial charge in [-0.3, -0.25) is 4.57 Å². The molecule has 1 aliphatic rings. The van der Waals surface area contributed by atoms with Crippen LogP contribution in [0.4, 0.5) is 22.7 Å². The summed E-state index contributed by atoms with van der Waals surface area (Å²) in [7, 11) is 0. The Labute approximate surface area is 421 Å². The number of para-hydroxylation sites is 3. The van der Waals surface area contributed by atoms with Gasteiger partial charge in [0.1, 0.15) is 12.5 Å². The topological polar surface area (TPSA) is 24.3 Å². The predicted octanol–water partition coefficient (Wildman–Crippen LogP) is 16.7. The first-order chi connectivity index (χ1) is 38.7. The van der Waals surface area contributed by atoms with Gasteiger partial charge in [-0.05, 0) is 105 Å². The Kier molecular flexibility index (Phi) is 7.27. The van der Waals surface area contributed by atoms with Crippen LogP contribution in [-0.2, 0) is 16.2 Å². The van der Waals surface area contributed by atoms with Crippen molar-refractivity contribution in [3.05, 3.63) is 240 Å². The fourth-order valence-corrected chi connectivity index (χ4v) is 9.66. The van der Waals surface area contributed by atoms with Gasteiger partial charge in [-0.15, -0.1) is 0 Å². The van der Waals surface area contributed by atoms with Gasteiger partial charge in [-0.2, -0.15) is 0 Å². The quantitative estimate of drug-likeness (QED) is 0.144. The maximum Gasteiger partial charge on any atom is 0.137 e. The second-order valence-electron chi connectivity index (χ2n) is 19.5. The molecule has 0 unspecified atom stereocenters. The Morgan fingerprint density at radius 1 is 0.456 bits per heavy atom. The van der Waals surface area contributed by atoms with E-state index in [2.05, 4.69) is 50.8 Å². The minimum Gasteiger partial charge on any atom is -0.321 e. The second-order valence-corrected chi connectivity index (χ2v) is 19.5. The number of nitrogens with zero attached hydrogens (tertiary/aromatic N) is 4. The highest BCUT2D eigenvalue weighted by Gasteiger charge is 2.34. The molecule has 1 aliphatic heterocycles. The average Bonchev–Trinajstić information content (AvgIpc) is 2.74. The molecule has 0 atom stereocenters. The van der Waals surface area contributed by atoms with E-state index in [0.29, 0.717) is 38.9 Å². The molecule has 2 aromatic heterocycles. The Bertz CT molecular complexity index is 4170. The van der Waals surface area contributed by atoms with E-state index in [1.807, 2.05) is 121 Å². The first kappa shape index (κ1) is 29.8. The number of pyridine rings is 1. The summed E-state index contributed by atoms with van der Waals surface area (Å²) in [4.78, 5) is 8.89. The van der Waals surface area contributed by atoms with E-state index < -0.39 is 76.7 Å². The fraction of sp³-hybridized carbons (Fsp3) is 0.172. The van der Waals surface area contributed by atoms with Crippen molar-refractivity contribution in [2.45, 2.75) is 64.7 Å². The van der Waals surface area contributed by atoms with Gasteiger partial charge in [0.05, 0.1) is 47.3 Å². The van der Waals surface area contributed by atoms with E-state index in [9.17, 15) is 8.22 Å². The maximum absolute atomic E-state index is 9.32. The van der Waals surface area contributed by atoms with Crippen LogP contribution in [0.1, 0.15) is 95.5 Å². The number of aromatic nitrogens is 2. The molecule has 0 bridgehead atoms. The minimum atomic E-state index is -0.727. The first-order valence-electron chi connectivity index (χ1n) is 29.8. The summed E-state index contributed by atoms with van der Waals surface area (Å²) in [5.41, 5.74) is 6.32. The number of rotatable bonds is 9. The van der Waals surface area contributed by atoms with Gasteiger partial charge in [0.15, 0.2) is 0 Å². The highest BCUT2D eigenvalue weighted by molar-refractivity contribution is 6.09. The van der Waals surface area contributed by atoms with E-state index in [4.69, 9.17) is 16.0 Å². The molecule has 10 aromatic rings. The van der Waals surface area contributed by atoms with Crippen molar-refractivity contribution in [2.75, 3.05) is 16.5 Å². The molecule has 334 valence electrons. The number of fused-ring (bicyclic) bond motifs is 4. The van der Waals surface area contributed by atoms with Crippen LogP contribution in [-0.4, -0.2) is 16.2 Å². The molecule has 0 saturated heterocycles. The molecule has 0 aliphatic carbocycles. The molecule has 3 heterocycles. The molecule has 0 N–H and O–H groups in total. The Balaban J connectivity index is 1.09. The van der Waals surface area contributed by atoms with E-state index in [1.165, 1.54) is 0 Å². The molecule has 0 fully saturated rings. The van der Waals surface area contributed by atoms with E-state index in [0.717, 1.165) is 33.6 Å². The predicted molar refractivity (Wildman–Crippen MR) is 287 cm³/mol. The second kappa shape index (κ2) is 16.6. The summed E-state index contributed by atoms with van der Waals surface area (Å²) < 4.78 is 127. The van der Waals surface area contributed by atoms with Crippen molar-refractivity contribution in [3.63, 3.8) is 0 Å². The first-order valence-corrected chi connectivity index (χ1v) is 22.8. The average molecular weight is 897 g/mol. The number of anilines is 4. The van der Waals surface area contributed by atoms with Gasteiger partial charge in [0.25, 0.3) is 0 Å². The number of benzene rings is 8. The lowest BCUT2D eigenvalue weighted by Gasteiger charge is -2.31. The van der Waals surface area contributed by atoms with Crippen LogP contribution in [0.15, 0.2) is 212 Å². The molecule has 4 nitrogen and oxygen atoms in total. The summed E-state index contributed by atoms with van der Waals surface area (Å²) >= 11 is 0. The molecule has 0 saturated carbocycles. The third-order valence-electron chi connectivity index (χ3n) is 13.7. The third kappa shape index (κ3) is 7.36. The molecular formula is C64H58N4. The van der Waals surface area contributed by atoms with Crippen LogP contribution in [0.25, 0.3) is 49.9 Å². The van der Waals surface area contributed by atoms with Crippen LogP contribution in [0.2, 0.25) is 0 Å². The SMILES string of the molecule is [2H]c1c([2H])c([2H])c(-c2cc(C(C)(C)C)cc(-c3c([2H])c([2H])c([2H])c([2H])c3[2H])c2N2CN(c3cccc(C(C)(C)c4ccc5c6c([2H])c([2H])c([2H])c([2H])c6n(-c6cc(C(C)(C)c7ccccc7)ccn6)c5c4)c3)c3ccccc32)c([2H])c1[2H]. The summed E-state index contributed by atoms with van der Waals surface area (Å²) in [6, 6.07) is 33.2. The van der Waals surface area contributed by atoms with Gasteiger partial charge in [-0.1, -0.05) is 194 Å². The normalized spacial score (nSPS) is 16.0. The standard InChI is InChI=1S/C64H58N4/c1-62(2,3)50-39-54(44-22-11-8-12-23-44)61(55(40-50)45-24-13-9-14-25-45)67-43-66(57-32-19-20-33-58(57)67)51-29-21-28-47(38-51)64(6,7)48-34-35-53-52-30-17-18-31-56(52)68(59(53)41-48)60-42-49(36-37-65-60)63(4,5)46-26-15-10-16-27-46/h8-42H,43H2,1-7H3/i8D,9D,11D,12D,13D,14D,17D,18D,22D,23D,24D,25D,30D,31D. The highest BCUT2D eigenvalue weighted by Crippen LogP contribution is 2.52. The molecule has 4 heteroatoms. The van der Waals surface area contributed by atoms with Gasteiger partial charge in [0, 0.05) is 44.6 Å². The summed E-state index contributed by atoms with van der Waals surface area (Å²) in [6.45, 7) is 14.4. The third-order valence-corrected chi connectivity index (χ3v) is 13.7. The summed E-state index contributed by atoms with van der Waals surface area (Å²) in [5, 5.41) is 1.02. The van der Waals surface area contributed by atoms with E-state index in [1.54, 1.807) is 18.3 Å². The minimum absolute atomic E-state index is 0.0789. The van der Waals surface area contributed by atoms with E-state index >= 15 is 0 Å². The number of hydrogen-bond donors (Lipinski definition) is 0. The van der Waals surface area contributed by atoms with Crippen molar-refractivity contribution in [1.82, 2.24) is 9.55 Å². The zero-order valence-electron chi connectivity index (χ0n) is 53.1. The zero-order chi connectivity index (χ0) is 59.0. The van der Waals surface area contributed by atoms with Crippen LogP contribution in [0.3, 0.4) is 0 Å². The fourth-order valence-electron chi connectivity index (χ4n) is 9.66. The van der Waals surface area contributed by atoms with Gasteiger partial charge in [0.2, 0.25) is 0 Å². The van der Waals surface area contributed by atoms with Crippen LogP contribution >= 0.6 is 0 Å². The lowest BCUT2D eigenvalue weighted by atomic mass is 9.77. The van der Waals surface area contributed by atoms with Crippen molar-refractivity contribution in [2.24, 2.45) is 0 Å². The largest absolute Gasteiger partial charge is 0.321 e. The zero-order valence-corrected chi connectivity index (χ0v) is 39.1. The maximum atomic E-state index is 9.32. The monoisotopic (exact) mass is 897 g/mol. The summed E-state index contributed by atoms with van der Waals surface area (Å²) in [6.07, 6.45) is 1.74. The number of hydrogen-bond acceptors (Lipinski definition) is 3. The van der Waals surface area contributed by atoms with Crippen LogP contribution < -0.4 is 9.80 Å². The molecule has 68 heavy (non-hydrogen) atoms. The molecule has 11 rings (SSSR count). The van der Waals surface area contributed by atoms with Crippen LogP contribution in [0, 0.1) is 0 Å². The Hall–Kier alpha value is -7.69. The lowest BCUT2D eigenvalue weighted by Crippen LogP contribution is -2.26. The highest BCUT2D eigenvalue weighted by atomic mass is 15.4. The van der Waals surface area contributed by atoms with Gasteiger partial charge in [-0.25, -0.2) is 4.98 Å². The van der Waals surface area contributed by atoms with Crippen molar-refractivity contribution in [3.8, 4) is 28.1 Å². The van der Waals surface area contributed by atoms with Crippen molar-refractivity contribution in [1.29, 1.82) is 0 Å². The summed E-state index contributed by atoms with van der Waals surface area (Å²) in [5.74, 6) is 0.498. The van der Waals surface area contributed by atoms with Crippen molar-refractivity contribution < 1.29 is 19.2 Å². The van der Waals surface area contributed by atoms with Gasteiger partial charge >= 0.3 is 0 Å². The van der Waals surface area contributed by atoms with Gasteiger partial charge < -0.3 is 9.80 Å². The lowest BCUT2D eigenvalue weighted by molar-refractivity contribution is 0.590. The molecule has 0 radical (unpaired) electrons. The van der Waals surface area contributed by atoms with Crippen molar-refractivity contribution >= 4 is 44.6 Å². The molecule has 8 aromatic carbocycles. The Morgan fingerprint density at radius 3 is 1.71 bits per heavy atom. The molecular weight excluding hydrogens is 825 g/mol. The molecule has 0 spiro atoms. The van der Waals surface area contributed by atoms with Crippen LogP contribution in [0.5, 0.6) is 0 Å². The smallest absolute Gasteiger partial charge is 0.137 e. The van der Waals surface area contributed by atoms with E-state index in [-0.39, 0.29) is 58.8 Å². The molecule has 0 amide bonds.